The Kier molecular flexibility index (Phi) is 4.56. The molecular formula is C15H13N3O5S3. The first-order valence-electron chi connectivity index (χ1n) is 7.09. The standard InChI is InChI=1S/C15H13N3O5S3/c1-25(20,21)10-4-2-3-9(7-10)14(19)18-15-17-12-6-5-11(26(16,22)23)8-13(12)24-15/h2-8H,1H3,(H2,16,22,23)(H,17,18,19). The largest absolute Gasteiger partial charge is 0.298 e. The van der Waals surface area contributed by atoms with Crippen molar-refractivity contribution >= 4 is 52.5 Å². The summed E-state index contributed by atoms with van der Waals surface area (Å²) in [7, 11) is -7.27. The highest BCUT2D eigenvalue weighted by Crippen LogP contribution is 2.28. The number of thiazole rings is 1. The van der Waals surface area contributed by atoms with Crippen molar-refractivity contribution in [2.75, 3.05) is 11.6 Å². The highest BCUT2D eigenvalue weighted by molar-refractivity contribution is 7.90. The highest BCUT2D eigenvalue weighted by Gasteiger charge is 2.15. The fourth-order valence-corrected chi connectivity index (χ4v) is 4.35. The Balaban J connectivity index is 1.90. The smallest absolute Gasteiger partial charge is 0.257 e. The van der Waals surface area contributed by atoms with E-state index in [9.17, 15) is 21.6 Å². The number of anilines is 1. The number of nitrogens with two attached hydrogens (primary N) is 1. The van der Waals surface area contributed by atoms with Crippen LogP contribution in [0.25, 0.3) is 10.2 Å². The number of benzene rings is 2. The molecule has 1 heterocycles. The van der Waals surface area contributed by atoms with E-state index in [2.05, 4.69) is 10.3 Å². The van der Waals surface area contributed by atoms with Crippen molar-refractivity contribution in [3.63, 3.8) is 0 Å². The summed E-state index contributed by atoms with van der Waals surface area (Å²) < 4.78 is 46.5. The Hall–Kier alpha value is -2.34. The van der Waals surface area contributed by atoms with Gasteiger partial charge in [-0.05, 0) is 36.4 Å². The minimum atomic E-state index is -3.84. The third kappa shape index (κ3) is 3.90. The molecule has 3 rings (SSSR count). The average Bonchev–Trinajstić information content (AvgIpc) is 2.94. The Labute approximate surface area is 153 Å². The van der Waals surface area contributed by atoms with Crippen molar-refractivity contribution in [3.8, 4) is 0 Å². The number of hydrogen-bond acceptors (Lipinski definition) is 7. The predicted molar refractivity (Wildman–Crippen MR) is 98.5 cm³/mol. The zero-order valence-electron chi connectivity index (χ0n) is 13.3. The van der Waals surface area contributed by atoms with Gasteiger partial charge < -0.3 is 0 Å². The lowest BCUT2D eigenvalue weighted by atomic mass is 10.2. The first-order valence-corrected chi connectivity index (χ1v) is 11.3. The molecule has 0 spiro atoms. The van der Waals surface area contributed by atoms with E-state index in [1.54, 1.807) is 0 Å². The molecular weight excluding hydrogens is 398 g/mol. The summed E-state index contributed by atoms with van der Waals surface area (Å²) in [6.45, 7) is 0. The molecule has 0 aliphatic heterocycles. The number of primary sulfonamides is 1. The van der Waals surface area contributed by atoms with E-state index in [1.807, 2.05) is 0 Å². The van der Waals surface area contributed by atoms with Crippen LogP contribution in [0.4, 0.5) is 5.13 Å². The maximum absolute atomic E-state index is 12.3. The second-order valence-electron chi connectivity index (χ2n) is 5.45. The van der Waals surface area contributed by atoms with Gasteiger partial charge in [0, 0.05) is 11.8 Å². The van der Waals surface area contributed by atoms with Crippen molar-refractivity contribution in [3.05, 3.63) is 48.0 Å². The van der Waals surface area contributed by atoms with Crippen LogP contribution in [0.15, 0.2) is 52.3 Å². The van der Waals surface area contributed by atoms with E-state index in [-0.39, 0.29) is 20.5 Å². The molecule has 0 saturated carbocycles. The van der Waals surface area contributed by atoms with Crippen molar-refractivity contribution < 1.29 is 21.6 Å². The third-order valence-corrected chi connectivity index (χ3v) is 6.39. The Morgan fingerprint density at radius 2 is 1.81 bits per heavy atom. The minimum absolute atomic E-state index is 0.0345. The fraction of sp³-hybridized carbons (Fsp3) is 0.0667. The van der Waals surface area contributed by atoms with Crippen LogP contribution in [0.5, 0.6) is 0 Å². The van der Waals surface area contributed by atoms with Gasteiger partial charge in [-0.15, -0.1) is 0 Å². The van der Waals surface area contributed by atoms with Gasteiger partial charge in [-0.1, -0.05) is 17.4 Å². The fourth-order valence-electron chi connectivity index (χ4n) is 2.17. The van der Waals surface area contributed by atoms with Crippen LogP contribution in [-0.4, -0.2) is 34.0 Å². The SMILES string of the molecule is CS(=O)(=O)c1cccc(C(=O)Nc2nc3ccc(S(N)(=O)=O)cc3s2)c1. The van der Waals surface area contributed by atoms with Gasteiger partial charge in [0.2, 0.25) is 10.0 Å². The number of fused-ring (bicyclic) bond motifs is 1. The third-order valence-electron chi connectivity index (χ3n) is 3.43. The first-order chi connectivity index (χ1) is 12.0. The average molecular weight is 411 g/mol. The van der Waals surface area contributed by atoms with Crippen molar-refractivity contribution in [1.29, 1.82) is 0 Å². The summed E-state index contributed by atoms with van der Waals surface area (Å²) >= 11 is 1.08. The van der Waals surface area contributed by atoms with Gasteiger partial charge in [-0.25, -0.2) is 27.0 Å². The topological polar surface area (TPSA) is 136 Å². The van der Waals surface area contributed by atoms with Crippen LogP contribution in [0.2, 0.25) is 0 Å². The molecule has 8 nitrogen and oxygen atoms in total. The molecule has 0 bridgehead atoms. The zero-order valence-corrected chi connectivity index (χ0v) is 15.8. The molecule has 0 saturated heterocycles. The van der Waals surface area contributed by atoms with E-state index in [4.69, 9.17) is 5.14 Å². The quantitative estimate of drug-likeness (QED) is 0.669. The summed E-state index contributed by atoms with van der Waals surface area (Å²) in [5.41, 5.74) is 0.667. The molecule has 0 aliphatic carbocycles. The minimum Gasteiger partial charge on any atom is -0.298 e. The van der Waals surface area contributed by atoms with Crippen LogP contribution in [0.3, 0.4) is 0 Å². The molecule has 0 aliphatic rings. The van der Waals surface area contributed by atoms with Gasteiger partial charge in [0.15, 0.2) is 15.0 Å². The predicted octanol–water partition coefficient (Wildman–Crippen LogP) is 1.60. The van der Waals surface area contributed by atoms with E-state index < -0.39 is 25.8 Å². The lowest BCUT2D eigenvalue weighted by molar-refractivity contribution is 0.102. The van der Waals surface area contributed by atoms with Crippen LogP contribution in [0.1, 0.15) is 10.4 Å². The van der Waals surface area contributed by atoms with E-state index >= 15 is 0 Å². The monoisotopic (exact) mass is 411 g/mol. The summed E-state index contributed by atoms with van der Waals surface area (Å²) in [6, 6.07) is 9.83. The van der Waals surface area contributed by atoms with Gasteiger partial charge in [0.25, 0.3) is 5.91 Å². The second kappa shape index (κ2) is 6.43. The highest BCUT2D eigenvalue weighted by atomic mass is 32.2. The van der Waals surface area contributed by atoms with Crippen LogP contribution < -0.4 is 10.5 Å². The number of sulfone groups is 1. The number of carbonyl (C=O) groups is 1. The summed E-state index contributed by atoms with van der Waals surface area (Å²) in [5.74, 6) is -0.527. The number of carbonyl (C=O) groups excluding carboxylic acids is 1. The molecule has 0 unspecified atom stereocenters. The lowest BCUT2D eigenvalue weighted by Gasteiger charge is -2.03. The number of aromatic nitrogens is 1. The Bertz CT molecular complexity index is 1230. The van der Waals surface area contributed by atoms with E-state index in [0.717, 1.165) is 17.6 Å². The molecule has 26 heavy (non-hydrogen) atoms. The summed E-state index contributed by atoms with van der Waals surface area (Å²) in [6.07, 6.45) is 1.06. The molecule has 3 aromatic rings. The maximum atomic E-state index is 12.3. The normalized spacial score (nSPS) is 12.2. The molecule has 136 valence electrons. The molecule has 2 aromatic carbocycles. The molecule has 0 fully saturated rings. The Morgan fingerprint density at radius 3 is 2.46 bits per heavy atom. The molecule has 1 aromatic heterocycles. The Morgan fingerprint density at radius 1 is 1.08 bits per heavy atom. The van der Waals surface area contributed by atoms with Crippen molar-refractivity contribution in [2.24, 2.45) is 5.14 Å². The molecule has 11 heteroatoms. The first kappa shape index (κ1) is 18.5. The number of sulfonamides is 1. The van der Waals surface area contributed by atoms with Crippen molar-refractivity contribution in [2.45, 2.75) is 9.79 Å². The van der Waals surface area contributed by atoms with Gasteiger partial charge in [-0.3, -0.25) is 10.1 Å². The van der Waals surface area contributed by atoms with Gasteiger partial charge >= 0.3 is 0 Å². The summed E-state index contributed by atoms with van der Waals surface area (Å²) in [5, 5.41) is 7.93. The number of rotatable bonds is 4. The van der Waals surface area contributed by atoms with Gasteiger partial charge in [-0.2, -0.15) is 0 Å². The molecule has 0 radical (unpaired) electrons. The molecule has 1 amide bonds. The van der Waals surface area contributed by atoms with E-state index in [0.29, 0.717) is 10.2 Å². The summed E-state index contributed by atoms with van der Waals surface area (Å²) in [4.78, 5) is 16.5. The van der Waals surface area contributed by atoms with Crippen LogP contribution in [-0.2, 0) is 19.9 Å². The number of nitrogens with zero attached hydrogens (tertiary/aromatic N) is 1. The molecule has 3 N–H and O–H groups in total. The number of nitrogens with one attached hydrogen (secondary N) is 1. The van der Waals surface area contributed by atoms with Crippen LogP contribution >= 0.6 is 11.3 Å². The van der Waals surface area contributed by atoms with Crippen LogP contribution in [0, 0.1) is 0 Å². The maximum Gasteiger partial charge on any atom is 0.257 e. The number of amides is 1. The van der Waals surface area contributed by atoms with Gasteiger partial charge in [0.1, 0.15) is 0 Å². The van der Waals surface area contributed by atoms with Crippen molar-refractivity contribution in [1.82, 2.24) is 4.98 Å². The molecule has 0 atom stereocenters. The van der Waals surface area contributed by atoms with Gasteiger partial charge in [0.05, 0.1) is 20.0 Å². The van der Waals surface area contributed by atoms with E-state index in [1.165, 1.54) is 42.5 Å². The lowest BCUT2D eigenvalue weighted by Crippen LogP contribution is -2.12. The zero-order chi connectivity index (χ0) is 19.1. The second-order valence-corrected chi connectivity index (χ2v) is 10.1. The number of hydrogen-bond donors (Lipinski definition) is 2.